The highest BCUT2D eigenvalue weighted by Gasteiger charge is 2.47. The summed E-state index contributed by atoms with van der Waals surface area (Å²) in [5.74, 6) is 0. The van der Waals surface area contributed by atoms with Crippen LogP contribution in [0.15, 0.2) is 227 Å². The molecule has 3 nitrogen and oxygen atoms in total. The number of furan rings is 2. The van der Waals surface area contributed by atoms with Crippen molar-refractivity contribution in [1.82, 2.24) is 0 Å². The van der Waals surface area contributed by atoms with E-state index in [0.717, 1.165) is 121 Å². The fourth-order valence-electron chi connectivity index (χ4n) is 12.1. The van der Waals surface area contributed by atoms with Crippen molar-refractivity contribution in [3.63, 3.8) is 0 Å². The summed E-state index contributed by atoms with van der Waals surface area (Å²) in [5, 5.41) is 27.8. The first-order chi connectivity index (χ1) is 34.1. The lowest BCUT2D eigenvalue weighted by Crippen LogP contribution is -2.27. The van der Waals surface area contributed by atoms with Crippen LogP contribution < -0.4 is 0 Å². The summed E-state index contributed by atoms with van der Waals surface area (Å²) in [5.41, 5.74) is 12.5. The molecule has 12 aromatic carbocycles. The van der Waals surface area contributed by atoms with E-state index in [-0.39, 0.29) is 0 Å². The maximum atomic E-state index is 14.4. The third kappa shape index (κ3) is 5.30. The number of fused-ring (bicyclic) bond motifs is 15. The predicted molar refractivity (Wildman–Crippen MR) is 294 cm³/mol. The third-order valence-electron chi connectivity index (χ3n) is 15.0. The fourth-order valence-corrected chi connectivity index (χ4v) is 13.1. The number of aliphatic hydroxyl groups is 1. The maximum absolute atomic E-state index is 14.4. The molecule has 69 heavy (non-hydrogen) atoms. The normalized spacial score (nSPS) is 14.6. The molecular weight excluding hydrogens is 956 g/mol. The van der Waals surface area contributed by atoms with E-state index in [4.69, 9.17) is 8.83 Å². The minimum atomic E-state index is -1.56. The molecule has 1 unspecified atom stereocenters. The van der Waals surface area contributed by atoms with Gasteiger partial charge in [-0.25, -0.2) is 0 Å². The van der Waals surface area contributed by atoms with E-state index in [9.17, 15) is 5.11 Å². The average molecular weight is 993 g/mol. The second kappa shape index (κ2) is 14.5. The zero-order valence-electron chi connectivity index (χ0n) is 36.9. The van der Waals surface area contributed by atoms with Crippen molar-refractivity contribution in [2.75, 3.05) is 0 Å². The largest absolute Gasteiger partial charge is 0.455 e. The molecule has 0 fully saturated rings. The average Bonchev–Trinajstić information content (AvgIpc) is 4.07. The lowest BCUT2D eigenvalue weighted by molar-refractivity contribution is 0.133. The van der Waals surface area contributed by atoms with Crippen LogP contribution in [0.25, 0.3) is 131 Å². The Morgan fingerprint density at radius 2 is 0.768 bits per heavy atom. The van der Waals surface area contributed by atoms with Crippen molar-refractivity contribution < 1.29 is 13.9 Å². The van der Waals surface area contributed by atoms with E-state index >= 15 is 0 Å². The quantitative estimate of drug-likeness (QED) is 0.141. The number of rotatable bonds is 4. The van der Waals surface area contributed by atoms with Gasteiger partial charge in [-0.3, -0.25) is 0 Å². The fraction of sp³-hybridized carbons (Fsp3) is 0.0154. The zero-order chi connectivity index (χ0) is 45.5. The molecule has 14 aromatic rings. The molecule has 0 aliphatic heterocycles. The summed E-state index contributed by atoms with van der Waals surface area (Å²) in [6.07, 6.45) is 0. The maximum Gasteiger partial charge on any atom is 0.143 e. The molecular formula is C65H37IO3. The van der Waals surface area contributed by atoms with Gasteiger partial charge in [0.15, 0.2) is 0 Å². The van der Waals surface area contributed by atoms with Gasteiger partial charge in [0.2, 0.25) is 0 Å². The molecule has 4 heteroatoms. The van der Waals surface area contributed by atoms with Gasteiger partial charge in [0.25, 0.3) is 0 Å². The second-order valence-electron chi connectivity index (χ2n) is 18.4. The number of hydrogen-bond donors (Lipinski definition) is 1. The van der Waals surface area contributed by atoms with Crippen LogP contribution in [0.2, 0.25) is 0 Å². The van der Waals surface area contributed by atoms with Gasteiger partial charge in [-0.15, -0.1) is 0 Å². The van der Waals surface area contributed by atoms with E-state index in [1.165, 1.54) is 30.7 Å². The molecule has 1 atom stereocenters. The van der Waals surface area contributed by atoms with Crippen LogP contribution >= 0.6 is 22.6 Å². The van der Waals surface area contributed by atoms with Crippen LogP contribution in [0, 0.1) is 3.57 Å². The molecule has 2 aromatic heterocycles. The Hall–Kier alpha value is -8.03. The molecule has 1 N–H and O–H groups in total. The van der Waals surface area contributed by atoms with Crippen LogP contribution in [0.3, 0.4) is 0 Å². The molecule has 322 valence electrons. The first-order valence-corrected chi connectivity index (χ1v) is 24.5. The number of hydrogen-bond acceptors (Lipinski definition) is 3. The highest BCUT2D eigenvalue weighted by molar-refractivity contribution is 14.1. The van der Waals surface area contributed by atoms with Gasteiger partial charge in [0, 0.05) is 64.1 Å². The van der Waals surface area contributed by atoms with E-state index < -0.39 is 5.60 Å². The summed E-state index contributed by atoms with van der Waals surface area (Å²) in [6.45, 7) is 0. The molecule has 0 bridgehead atoms. The number of benzene rings is 12. The zero-order valence-corrected chi connectivity index (χ0v) is 39.1. The second-order valence-corrected chi connectivity index (χ2v) is 19.5. The lowest BCUT2D eigenvalue weighted by atomic mass is 9.75. The molecule has 0 saturated heterocycles. The van der Waals surface area contributed by atoms with Crippen LogP contribution in [-0.2, 0) is 5.60 Å². The lowest BCUT2D eigenvalue weighted by Gasteiger charge is -2.32. The first kappa shape index (κ1) is 39.0. The van der Waals surface area contributed by atoms with Crippen LogP contribution in [0.4, 0.5) is 0 Å². The van der Waals surface area contributed by atoms with Gasteiger partial charge in [0.05, 0.1) is 0 Å². The SMILES string of the molecule is OC1(c2c(-c3cccc4c3oc3ccccc34)c3ccccc3c3ccccc23)c2ccccc2-c2c(-c3ccc4c(c3)oc3c(-c5c(I)c6ccccc6c6ccccc56)cccc34)cccc21. The van der Waals surface area contributed by atoms with E-state index in [1.54, 1.807) is 0 Å². The van der Waals surface area contributed by atoms with Crippen molar-refractivity contribution in [3.8, 4) is 44.5 Å². The minimum Gasteiger partial charge on any atom is -0.455 e. The topological polar surface area (TPSA) is 46.5 Å². The molecule has 0 saturated carbocycles. The summed E-state index contributed by atoms with van der Waals surface area (Å²) in [4.78, 5) is 0. The Morgan fingerprint density at radius 3 is 1.48 bits per heavy atom. The van der Waals surface area contributed by atoms with E-state index in [2.05, 4.69) is 229 Å². The van der Waals surface area contributed by atoms with Crippen molar-refractivity contribution in [3.05, 3.63) is 239 Å². The van der Waals surface area contributed by atoms with Gasteiger partial charge in [-0.05, 0) is 106 Å². The molecule has 0 amide bonds. The third-order valence-corrected chi connectivity index (χ3v) is 16.1. The Kier molecular flexibility index (Phi) is 8.19. The molecule has 1 aliphatic rings. The van der Waals surface area contributed by atoms with Crippen LogP contribution in [0.1, 0.15) is 16.7 Å². The summed E-state index contributed by atoms with van der Waals surface area (Å²) in [6, 6.07) is 77.2. The van der Waals surface area contributed by atoms with E-state index in [1.807, 2.05) is 12.1 Å². The molecule has 0 spiro atoms. The Balaban J connectivity index is 0.980. The van der Waals surface area contributed by atoms with E-state index in [0.29, 0.717) is 0 Å². The minimum absolute atomic E-state index is 0.801. The molecule has 0 radical (unpaired) electrons. The number of para-hydroxylation sites is 3. The summed E-state index contributed by atoms with van der Waals surface area (Å²) in [7, 11) is 0. The highest BCUT2D eigenvalue weighted by Crippen LogP contribution is 2.59. The Bertz CT molecular complexity index is 4530. The van der Waals surface area contributed by atoms with Crippen LogP contribution in [-0.4, -0.2) is 5.11 Å². The standard InChI is InChI=1S/C65H37IO3/c66-62-48-24-8-4-19-42(48)40-17-2-6-22-46(40)60(62)53-30-14-28-50-44-35-34-37(36-57(44)69-64(50)53)38-26-15-32-55-58(38)51-25-9-11-31-54(51)65(55,67)61-47-23-7-3-18-41(47)39-16-1-5-21-45(39)59(61)52-29-13-27-49-43-20-10-12-33-56(43)68-63(49)52/h1-36,67H. The van der Waals surface area contributed by atoms with Gasteiger partial charge in [-0.2, -0.15) is 0 Å². The highest BCUT2D eigenvalue weighted by atomic mass is 127. The summed E-state index contributed by atoms with van der Waals surface area (Å²) < 4.78 is 15.1. The molecule has 2 heterocycles. The monoisotopic (exact) mass is 992 g/mol. The van der Waals surface area contributed by atoms with Gasteiger partial charge >= 0.3 is 0 Å². The first-order valence-electron chi connectivity index (χ1n) is 23.4. The van der Waals surface area contributed by atoms with Crippen molar-refractivity contribution in [1.29, 1.82) is 0 Å². The number of halogens is 1. The van der Waals surface area contributed by atoms with Gasteiger partial charge < -0.3 is 13.9 Å². The van der Waals surface area contributed by atoms with Crippen LogP contribution in [0.5, 0.6) is 0 Å². The van der Waals surface area contributed by atoms with Crippen molar-refractivity contribution in [2.45, 2.75) is 5.60 Å². The van der Waals surface area contributed by atoms with Gasteiger partial charge in [0.1, 0.15) is 27.9 Å². The molecule has 1 aliphatic carbocycles. The smallest absolute Gasteiger partial charge is 0.143 e. The Morgan fingerprint density at radius 1 is 0.319 bits per heavy atom. The molecule has 15 rings (SSSR count). The van der Waals surface area contributed by atoms with Gasteiger partial charge in [-0.1, -0.05) is 200 Å². The van der Waals surface area contributed by atoms with Crippen molar-refractivity contribution >= 4 is 110 Å². The van der Waals surface area contributed by atoms with Crippen molar-refractivity contribution in [2.24, 2.45) is 0 Å². The summed E-state index contributed by atoms with van der Waals surface area (Å²) >= 11 is 2.53. The predicted octanol–water partition coefficient (Wildman–Crippen LogP) is 18.0. The Labute approximate surface area is 409 Å².